The van der Waals surface area contributed by atoms with Crippen LogP contribution in [0.15, 0.2) is 30.6 Å². The third-order valence-electron chi connectivity index (χ3n) is 9.80. The van der Waals surface area contributed by atoms with Crippen LogP contribution in [-0.4, -0.2) is 111 Å². The van der Waals surface area contributed by atoms with Crippen molar-refractivity contribution < 1.29 is 31.5 Å². The van der Waals surface area contributed by atoms with Crippen LogP contribution < -0.4 is 5.32 Å². The van der Waals surface area contributed by atoms with Crippen molar-refractivity contribution in [2.24, 2.45) is 0 Å². The van der Waals surface area contributed by atoms with Crippen LogP contribution in [0.5, 0.6) is 0 Å². The molecule has 4 aromatic rings. The summed E-state index contributed by atoms with van der Waals surface area (Å²) in [5, 5.41) is 24.8. The van der Waals surface area contributed by atoms with Crippen LogP contribution in [0.1, 0.15) is 41.5 Å². The number of likely N-dealkylation sites (tertiary alicyclic amines) is 1. The molecular weight excluding hydrogens is 694 g/mol. The fraction of sp³-hybridized carbons (Fsp3) is 0.515. The van der Waals surface area contributed by atoms with Gasteiger partial charge in [-0.2, -0.15) is 22.7 Å². The van der Waals surface area contributed by atoms with Crippen LogP contribution >= 0.6 is 11.3 Å². The number of fused-ring (bicyclic) bond motifs is 2. The van der Waals surface area contributed by atoms with E-state index in [4.69, 9.17) is 0 Å². The third kappa shape index (κ3) is 7.74. The van der Waals surface area contributed by atoms with Gasteiger partial charge in [0, 0.05) is 73.7 Å². The number of alkyl halides is 3. The molecule has 2 aliphatic heterocycles. The Bertz CT molecular complexity index is 2050. The number of aryl methyl sites for hydroxylation is 1. The van der Waals surface area contributed by atoms with Crippen LogP contribution in [-0.2, 0) is 34.3 Å². The Morgan fingerprint density at radius 2 is 1.90 bits per heavy atom. The summed E-state index contributed by atoms with van der Waals surface area (Å²) in [4.78, 5) is 25.5. The molecule has 1 aromatic carbocycles. The molecule has 0 aliphatic carbocycles. The van der Waals surface area contributed by atoms with E-state index in [2.05, 4.69) is 39.2 Å². The zero-order valence-electron chi connectivity index (χ0n) is 27.9. The maximum Gasteiger partial charge on any atom is 0.393 e. The van der Waals surface area contributed by atoms with E-state index in [9.17, 15) is 36.8 Å². The van der Waals surface area contributed by atoms with E-state index in [0.29, 0.717) is 34.8 Å². The average Bonchev–Trinajstić information content (AvgIpc) is 3.63. The molecule has 268 valence electrons. The number of carbonyl (C=O) groups is 1. The molecule has 6 rings (SSSR count). The number of sulfonamides is 1. The van der Waals surface area contributed by atoms with E-state index in [1.807, 2.05) is 28.5 Å². The number of nitrogens with zero attached hydrogens (tertiary/aromatic N) is 7. The lowest BCUT2D eigenvalue weighted by atomic mass is 10.0. The quantitative estimate of drug-likeness (QED) is 0.240. The summed E-state index contributed by atoms with van der Waals surface area (Å²) in [7, 11) is -3.67. The number of nitrogens with one attached hydrogen (secondary N) is 1. The number of piperazine rings is 1. The number of carboxylic acids is 1. The van der Waals surface area contributed by atoms with E-state index >= 15 is 0 Å². The van der Waals surface area contributed by atoms with Gasteiger partial charge in [0.05, 0.1) is 18.1 Å². The second kappa shape index (κ2) is 14.1. The number of aromatic nitrogens is 3. The van der Waals surface area contributed by atoms with Crippen LogP contribution in [0.3, 0.4) is 0 Å². The minimum absolute atomic E-state index is 0.0559. The maximum atomic E-state index is 13.0. The smallest absolute Gasteiger partial charge is 0.393 e. The van der Waals surface area contributed by atoms with Crippen LogP contribution in [0.2, 0.25) is 0 Å². The Hall–Kier alpha value is -3.82. The molecule has 2 atom stereocenters. The predicted octanol–water partition coefficient (Wildman–Crippen LogP) is 4.43. The largest absolute Gasteiger partial charge is 0.480 e. The van der Waals surface area contributed by atoms with Crippen molar-refractivity contribution in [3.05, 3.63) is 52.3 Å². The highest BCUT2D eigenvalue weighted by molar-refractivity contribution is 7.88. The molecular formula is C33H39F3N8O4S2. The number of carboxylic acid groups (broad SMARTS) is 1. The molecule has 2 saturated heterocycles. The monoisotopic (exact) mass is 732 g/mol. The number of nitriles is 1. The van der Waals surface area contributed by atoms with Gasteiger partial charge in [-0.15, -0.1) is 11.3 Å². The lowest BCUT2D eigenvalue weighted by Gasteiger charge is -2.40. The number of aliphatic carboxylic acids is 1. The first kappa shape index (κ1) is 36.0. The standard InChI is InChI=1S/C33H39F3N8O4S2/c1-20(42-10-11-44(50(3,47)48)29(18-42)32(45)46)16-43-24(15-37)12-26-21(2)22(4-5-28(26)43)17-41-8-6-23(7-9-41)40-30-27-13-25(14-33(34,35)36)49-31(27)39-19-38-30/h4-5,12-13,19-20,23,29H,6-11,14,16-18H2,1-3H3,(H,45,46)(H,38,39,40). The van der Waals surface area contributed by atoms with Gasteiger partial charge in [-0.05, 0) is 56.0 Å². The molecule has 0 saturated carbocycles. The Kier molecular flexibility index (Phi) is 10.1. The zero-order valence-corrected chi connectivity index (χ0v) is 29.6. The van der Waals surface area contributed by atoms with E-state index in [1.54, 1.807) is 0 Å². The van der Waals surface area contributed by atoms with Crippen LogP contribution in [0.25, 0.3) is 21.1 Å². The van der Waals surface area contributed by atoms with E-state index in [-0.39, 0.29) is 30.1 Å². The maximum absolute atomic E-state index is 13.0. The highest BCUT2D eigenvalue weighted by Crippen LogP contribution is 2.34. The number of hydrogen-bond acceptors (Lipinski definition) is 10. The SMILES string of the molecule is Cc1c(CN2CCC(Nc3ncnc4sc(CC(F)(F)F)cc34)CC2)ccc2c1cc(C#N)n2CC(C)N1CCN(S(C)(=O)=O)C(C(=O)O)C1. The van der Waals surface area contributed by atoms with Gasteiger partial charge in [0.25, 0.3) is 0 Å². The van der Waals surface area contributed by atoms with E-state index in [0.717, 1.165) is 76.4 Å². The van der Waals surface area contributed by atoms with Gasteiger partial charge in [-0.3, -0.25) is 14.6 Å². The summed E-state index contributed by atoms with van der Waals surface area (Å²) in [5.41, 5.74) is 3.63. The molecule has 2 unspecified atom stereocenters. The first-order valence-corrected chi connectivity index (χ1v) is 19.0. The summed E-state index contributed by atoms with van der Waals surface area (Å²) < 4.78 is 66.2. The number of benzene rings is 1. The van der Waals surface area contributed by atoms with Crippen molar-refractivity contribution in [1.82, 2.24) is 28.6 Å². The van der Waals surface area contributed by atoms with E-state index in [1.165, 1.54) is 12.4 Å². The highest BCUT2D eigenvalue weighted by Gasteiger charge is 2.39. The minimum Gasteiger partial charge on any atom is -0.480 e. The molecule has 2 fully saturated rings. The van der Waals surface area contributed by atoms with Crippen molar-refractivity contribution in [1.29, 1.82) is 5.26 Å². The fourth-order valence-electron chi connectivity index (χ4n) is 7.12. The van der Waals surface area contributed by atoms with Crippen LogP contribution in [0.4, 0.5) is 19.0 Å². The molecule has 0 spiro atoms. The van der Waals surface area contributed by atoms with Crippen molar-refractivity contribution in [2.45, 2.75) is 70.5 Å². The number of piperidine rings is 1. The first-order valence-electron chi connectivity index (χ1n) is 16.4. The predicted molar refractivity (Wildman–Crippen MR) is 184 cm³/mol. The number of halogens is 3. The van der Waals surface area contributed by atoms with Crippen molar-refractivity contribution >= 4 is 54.3 Å². The summed E-state index contributed by atoms with van der Waals surface area (Å²) in [6.45, 7) is 7.33. The van der Waals surface area contributed by atoms with Gasteiger partial charge in [0.1, 0.15) is 34.8 Å². The molecule has 2 N–H and O–H groups in total. The number of thiophene rings is 1. The van der Waals surface area contributed by atoms with Crippen molar-refractivity contribution in [3.63, 3.8) is 0 Å². The topological polar surface area (TPSA) is 148 Å². The summed E-state index contributed by atoms with van der Waals surface area (Å²) in [6.07, 6.45) is -1.19. The number of hydrogen-bond donors (Lipinski definition) is 2. The average molecular weight is 733 g/mol. The molecule has 5 heterocycles. The Balaban J connectivity index is 1.10. The normalized spacial score (nSPS) is 19.6. The lowest BCUT2D eigenvalue weighted by molar-refractivity contribution is -0.143. The highest BCUT2D eigenvalue weighted by atomic mass is 32.2. The molecule has 0 bridgehead atoms. The third-order valence-corrected chi connectivity index (χ3v) is 12.1. The van der Waals surface area contributed by atoms with Crippen molar-refractivity contribution in [2.75, 3.05) is 44.3 Å². The summed E-state index contributed by atoms with van der Waals surface area (Å²) in [6, 6.07) is 8.64. The summed E-state index contributed by atoms with van der Waals surface area (Å²) in [5.74, 6) is -0.628. The van der Waals surface area contributed by atoms with E-state index < -0.39 is 34.6 Å². The van der Waals surface area contributed by atoms with Gasteiger partial charge >= 0.3 is 12.1 Å². The molecule has 17 heteroatoms. The Labute approximate surface area is 292 Å². The Morgan fingerprint density at radius 1 is 1.16 bits per heavy atom. The second-order valence-corrected chi connectivity index (χ2v) is 16.3. The number of rotatable bonds is 10. The van der Waals surface area contributed by atoms with Gasteiger partial charge in [0.2, 0.25) is 10.0 Å². The zero-order chi connectivity index (χ0) is 36.0. The molecule has 2 aliphatic rings. The molecule has 50 heavy (non-hydrogen) atoms. The number of anilines is 1. The molecule has 3 aromatic heterocycles. The fourth-order valence-corrected chi connectivity index (χ4v) is 9.18. The lowest BCUT2D eigenvalue weighted by Crippen LogP contribution is -2.59. The first-order chi connectivity index (χ1) is 23.6. The molecule has 12 nitrogen and oxygen atoms in total. The minimum atomic E-state index is -4.28. The van der Waals surface area contributed by atoms with Gasteiger partial charge < -0.3 is 15.0 Å². The van der Waals surface area contributed by atoms with Gasteiger partial charge in [-0.25, -0.2) is 18.4 Å². The van der Waals surface area contributed by atoms with Gasteiger partial charge in [0.15, 0.2) is 0 Å². The Morgan fingerprint density at radius 3 is 2.56 bits per heavy atom. The van der Waals surface area contributed by atoms with Gasteiger partial charge in [-0.1, -0.05) is 6.07 Å². The summed E-state index contributed by atoms with van der Waals surface area (Å²) >= 11 is 1.04. The molecule has 0 amide bonds. The molecule has 0 radical (unpaired) electrons. The van der Waals surface area contributed by atoms with Crippen molar-refractivity contribution in [3.8, 4) is 6.07 Å². The van der Waals surface area contributed by atoms with Crippen LogP contribution in [0, 0.1) is 18.3 Å². The second-order valence-electron chi connectivity index (χ2n) is 13.2.